The molecular formula is C28H52O4. The maximum Gasteiger partial charge on any atom is 0.305 e. The fraction of sp³-hybridized carbons (Fsp3) is 0.857. The Labute approximate surface area is 198 Å². The second-order valence-electron chi connectivity index (χ2n) is 8.91. The molecule has 32 heavy (non-hydrogen) atoms. The summed E-state index contributed by atoms with van der Waals surface area (Å²) in [5, 5.41) is 0. The Morgan fingerprint density at radius 1 is 0.531 bits per heavy atom. The monoisotopic (exact) mass is 452 g/mol. The summed E-state index contributed by atoms with van der Waals surface area (Å²) in [4.78, 5) is 23.3. The van der Waals surface area contributed by atoms with Crippen molar-refractivity contribution >= 4 is 11.9 Å². The molecule has 0 saturated heterocycles. The molecule has 0 bridgehead atoms. The Morgan fingerprint density at radius 2 is 0.969 bits per heavy atom. The molecule has 188 valence electrons. The molecule has 0 atom stereocenters. The molecule has 0 aromatic rings. The third kappa shape index (κ3) is 24.9. The second-order valence-corrected chi connectivity index (χ2v) is 8.91. The quantitative estimate of drug-likeness (QED) is 0.0837. The maximum absolute atomic E-state index is 11.7. The molecule has 4 heteroatoms. The van der Waals surface area contributed by atoms with Gasteiger partial charge < -0.3 is 9.47 Å². The minimum Gasteiger partial charge on any atom is -0.466 e. The van der Waals surface area contributed by atoms with Gasteiger partial charge in [-0.3, -0.25) is 9.59 Å². The van der Waals surface area contributed by atoms with E-state index in [1.54, 1.807) is 0 Å². The van der Waals surface area contributed by atoms with E-state index in [-0.39, 0.29) is 11.9 Å². The number of hydrogen-bond acceptors (Lipinski definition) is 4. The second kappa shape index (κ2) is 25.9. The van der Waals surface area contributed by atoms with Crippen molar-refractivity contribution in [3.63, 3.8) is 0 Å². The number of hydrogen-bond donors (Lipinski definition) is 0. The Hall–Kier alpha value is -1.32. The average molecular weight is 453 g/mol. The summed E-state index contributed by atoms with van der Waals surface area (Å²) in [6, 6.07) is 0. The molecule has 0 rings (SSSR count). The molecule has 0 N–H and O–H groups in total. The lowest BCUT2D eigenvalue weighted by molar-refractivity contribution is -0.145. The van der Waals surface area contributed by atoms with Gasteiger partial charge >= 0.3 is 11.9 Å². The summed E-state index contributed by atoms with van der Waals surface area (Å²) in [7, 11) is 0. The highest BCUT2D eigenvalue weighted by Gasteiger charge is 2.06. The molecule has 0 radical (unpaired) electrons. The van der Waals surface area contributed by atoms with Gasteiger partial charge in [0.1, 0.15) is 0 Å². The lowest BCUT2D eigenvalue weighted by Crippen LogP contribution is -2.07. The summed E-state index contributed by atoms with van der Waals surface area (Å²) in [6.07, 6.45) is 26.5. The topological polar surface area (TPSA) is 52.6 Å². The molecular weight excluding hydrogens is 400 g/mol. The zero-order valence-corrected chi connectivity index (χ0v) is 21.3. The lowest BCUT2D eigenvalue weighted by atomic mass is 10.0. The number of allylic oxidation sites excluding steroid dienone is 1. The smallest absolute Gasteiger partial charge is 0.305 e. The molecule has 0 amide bonds. The Kier molecular flexibility index (Phi) is 24.9. The van der Waals surface area contributed by atoms with Gasteiger partial charge in [0.15, 0.2) is 0 Å². The third-order valence-corrected chi connectivity index (χ3v) is 5.72. The van der Waals surface area contributed by atoms with Gasteiger partial charge in [-0.05, 0) is 32.1 Å². The van der Waals surface area contributed by atoms with Gasteiger partial charge in [-0.1, -0.05) is 109 Å². The van der Waals surface area contributed by atoms with Crippen molar-refractivity contribution in [2.24, 2.45) is 0 Å². The number of unbranched alkanes of at least 4 members (excludes halogenated alkanes) is 14. The average Bonchev–Trinajstić information content (AvgIpc) is 2.79. The molecule has 0 aliphatic rings. The standard InChI is InChI=1S/C28H52O4/c1-3-5-7-9-10-11-12-13-14-15-16-17-18-22-26-32-28(30)24-20-19-23-27(29)31-25-21-8-6-4-2/h6,8H,3-5,7,9-26H2,1-2H3/b8-6-. The van der Waals surface area contributed by atoms with Crippen LogP contribution >= 0.6 is 0 Å². The van der Waals surface area contributed by atoms with Crippen LogP contribution in [-0.2, 0) is 19.1 Å². The van der Waals surface area contributed by atoms with Crippen LogP contribution in [0.15, 0.2) is 12.2 Å². The zero-order valence-electron chi connectivity index (χ0n) is 21.3. The van der Waals surface area contributed by atoms with E-state index < -0.39 is 0 Å². The zero-order chi connectivity index (χ0) is 23.5. The first-order chi connectivity index (χ1) is 15.7. The summed E-state index contributed by atoms with van der Waals surface area (Å²) in [5.41, 5.74) is 0. The first-order valence-corrected chi connectivity index (χ1v) is 13.7. The first kappa shape index (κ1) is 30.7. The van der Waals surface area contributed by atoms with E-state index in [9.17, 15) is 9.59 Å². The number of carbonyl (C=O) groups excluding carboxylic acids is 2. The van der Waals surface area contributed by atoms with Crippen LogP contribution in [0.1, 0.15) is 142 Å². The van der Waals surface area contributed by atoms with Gasteiger partial charge in [-0.25, -0.2) is 0 Å². The van der Waals surface area contributed by atoms with Crippen LogP contribution in [0.2, 0.25) is 0 Å². The van der Waals surface area contributed by atoms with Crippen LogP contribution in [0.3, 0.4) is 0 Å². The predicted molar refractivity (Wildman–Crippen MR) is 135 cm³/mol. The summed E-state index contributed by atoms with van der Waals surface area (Å²) in [6.45, 7) is 5.32. The van der Waals surface area contributed by atoms with Gasteiger partial charge in [0.2, 0.25) is 0 Å². The molecule has 0 aliphatic heterocycles. The third-order valence-electron chi connectivity index (χ3n) is 5.72. The fourth-order valence-corrected chi connectivity index (χ4v) is 3.69. The van der Waals surface area contributed by atoms with Crippen molar-refractivity contribution in [3.05, 3.63) is 12.2 Å². The molecule has 0 spiro atoms. The largest absolute Gasteiger partial charge is 0.466 e. The van der Waals surface area contributed by atoms with E-state index in [0.29, 0.717) is 38.9 Å². The van der Waals surface area contributed by atoms with Crippen molar-refractivity contribution in [1.29, 1.82) is 0 Å². The number of ether oxygens (including phenoxy) is 2. The maximum atomic E-state index is 11.7. The Bertz CT molecular complexity index is 445. The summed E-state index contributed by atoms with van der Waals surface area (Å²) < 4.78 is 10.4. The minimum atomic E-state index is -0.175. The Morgan fingerprint density at radius 3 is 1.44 bits per heavy atom. The molecule has 0 heterocycles. The van der Waals surface area contributed by atoms with Gasteiger partial charge in [-0.15, -0.1) is 0 Å². The van der Waals surface area contributed by atoms with Crippen molar-refractivity contribution in [1.82, 2.24) is 0 Å². The van der Waals surface area contributed by atoms with Crippen molar-refractivity contribution in [2.45, 2.75) is 142 Å². The molecule has 0 fully saturated rings. The van der Waals surface area contributed by atoms with Crippen molar-refractivity contribution in [2.75, 3.05) is 13.2 Å². The molecule has 4 nitrogen and oxygen atoms in total. The van der Waals surface area contributed by atoms with E-state index in [2.05, 4.69) is 19.9 Å². The number of carbonyl (C=O) groups is 2. The van der Waals surface area contributed by atoms with Crippen molar-refractivity contribution in [3.8, 4) is 0 Å². The van der Waals surface area contributed by atoms with Gasteiger partial charge in [0.25, 0.3) is 0 Å². The van der Waals surface area contributed by atoms with E-state index in [1.807, 2.05) is 6.08 Å². The van der Waals surface area contributed by atoms with Crippen molar-refractivity contribution < 1.29 is 19.1 Å². The summed E-state index contributed by atoms with van der Waals surface area (Å²) in [5.74, 6) is -0.316. The molecule has 0 unspecified atom stereocenters. The van der Waals surface area contributed by atoms with Crippen LogP contribution in [0.5, 0.6) is 0 Å². The highest BCUT2D eigenvalue weighted by molar-refractivity contribution is 5.70. The van der Waals surface area contributed by atoms with Crippen LogP contribution in [0, 0.1) is 0 Å². The van der Waals surface area contributed by atoms with Gasteiger partial charge in [0, 0.05) is 12.8 Å². The SMILES string of the molecule is CC/C=C\CCOC(=O)CCCCC(=O)OCCCCCCCCCCCCCCCC. The molecule has 0 aliphatic carbocycles. The number of rotatable bonds is 24. The predicted octanol–water partition coefficient (Wildman–Crippen LogP) is 8.47. The minimum absolute atomic E-state index is 0.141. The van der Waals surface area contributed by atoms with Gasteiger partial charge in [0.05, 0.1) is 13.2 Å². The van der Waals surface area contributed by atoms with E-state index in [1.165, 1.54) is 77.0 Å². The van der Waals surface area contributed by atoms with Gasteiger partial charge in [-0.2, -0.15) is 0 Å². The normalized spacial score (nSPS) is 11.2. The summed E-state index contributed by atoms with van der Waals surface area (Å²) >= 11 is 0. The van der Waals surface area contributed by atoms with E-state index >= 15 is 0 Å². The fourth-order valence-electron chi connectivity index (χ4n) is 3.69. The highest BCUT2D eigenvalue weighted by Crippen LogP contribution is 2.13. The lowest BCUT2D eigenvalue weighted by Gasteiger charge is -2.06. The van der Waals surface area contributed by atoms with Crippen LogP contribution in [-0.4, -0.2) is 25.2 Å². The first-order valence-electron chi connectivity index (χ1n) is 13.7. The van der Waals surface area contributed by atoms with Crippen LogP contribution in [0.4, 0.5) is 0 Å². The van der Waals surface area contributed by atoms with Crippen LogP contribution in [0.25, 0.3) is 0 Å². The highest BCUT2D eigenvalue weighted by atomic mass is 16.5. The Balaban J connectivity index is 3.26. The number of esters is 2. The van der Waals surface area contributed by atoms with E-state index in [0.717, 1.165) is 25.7 Å². The molecule has 0 saturated carbocycles. The molecule has 0 aromatic heterocycles. The molecule has 0 aromatic carbocycles. The van der Waals surface area contributed by atoms with Crippen LogP contribution < -0.4 is 0 Å². The van der Waals surface area contributed by atoms with E-state index in [4.69, 9.17) is 9.47 Å².